The molecular weight excluding hydrogens is 152 g/mol. The Bertz CT molecular complexity index is 228. The van der Waals surface area contributed by atoms with Gasteiger partial charge in [0.25, 0.3) is 0 Å². The third-order valence-corrected chi connectivity index (χ3v) is 2.46. The molecule has 0 N–H and O–H groups in total. The first-order chi connectivity index (χ1) is 5.66. The second kappa shape index (κ2) is 3.65. The summed E-state index contributed by atoms with van der Waals surface area (Å²) >= 11 is 0. The Balaban J connectivity index is 2.83. The highest BCUT2D eigenvalue weighted by Crippen LogP contribution is 2.26. The second-order valence-electron chi connectivity index (χ2n) is 3.30. The second-order valence-corrected chi connectivity index (χ2v) is 3.30. The van der Waals surface area contributed by atoms with Crippen LogP contribution in [0.15, 0.2) is 12.2 Å². The monoisotopic (exact) mass is 166 g/mol. The first kappa shape index (κ1) is 9.17. The van der Waals surface area contributed by atoms with Crippen molar-refractivity contribution in [1.82, 2.24) is 0 Å². The minimum atomic E-state index is -0.361. The van der Waals surface area contributed by atoms with Crippen molar-refractivity contribution in [3.63, 3.8) is 0 Å². The quantitative estimate of drug-likeness (QED) is 0.585. The fourth-order valence-electron chi connectivity index (χ4n) is 1.77. The molecule has 0 aromatic carbocycles. The van der Waals surface area contributed by atoms with Crippen LogP contribution < -0.4 is 0 Å². The van der Waals surface area contributed by atoms with E-state index in [9.17, 15) is 9.59 Å². The van der Waals surface area contributed by atoms with Crippen molar-refractivity contribution in [3.8, 4) is 0 Å². The van der Waals surface area contributed by atoms with Gasteiger partial charge in [-0.3, -0.25) is 9.59 Å². The summed E-state index contributed by atoms with van der Waals surface area (Å²) in [5.41, 5.74) is 0. The van der Waals surface area contributed by atoms with Gasteiger partial charge in [0.1, 0.15) is 5.78 Å². The van der Waals surface area contributed by atoms with E-state index in [0.717, 1.165) is 12.8 Å². The number of carbonyl (C=O) groups excluding carboxylic acids is 2. The number of carbonyl (C=O) groups is 2. The third kappa shape index (κ3) is 1.63. The van der Waals surface area contributed by atoms with Gasteiger partial charge >= 0.3 is 0 Å². The number of Topliss-reactive ketones (excluding diaryl/α,β-unsaturated/α-hetero) is 1. The van der Waals surface area contributed by atoms with E-state index < -0.39 is 0 Å². The van der Waals surface area contributed by atoms with Gasteiger partial charge in [0.2, 0.25) is 0 Å². The van der Waals surface area contributed by atoms with Crippen molar-refractivity contribution < 1.29 is 9.59 Å². The van der Waals surface area contributed by atoms with Crippen LogP contribution in [0.4, 0.5) is 0 Å². The molecule has 2 atom stereocenters. The zero-order valence-corrected chi connectivity index (χ0v) is 7.54. The van der Waals surface area contributed by atoms with E-state index in [1.165, 1.54) is 13.0 Å². The molecule has 1 rings (SSSR count). The van der Waals surface area contributed by atoms with Crippen LogP contribution in [0.5, 0.6) is 0 Å². The highest BCUT2D eigenvalue weighted by Gasteiger charge is 2.30. The normalized spacial score (nSPS) is 29.0. The van der Waals surface area contributed by atoms with Crippen LogP contribution in [0, 0.1) is 11.8 Å². The lowest BCUT2D eigenvalue weighted by molar-refractivity contribution is -0.131. The molecule has 2 heteroatoms. The van der Waals surface area contributed by atoms with Crippen LogP contribution in [-0.4, -0.2) is 11.6 Å². The molecule has 1 aliphatic carbocycles. The van der Waals surface area contributed by atoms with E-state index in [1.807, 2.05) is 13.0 Å². The Morgan fingerprint density at radius 3 is 2.75 bits per heavy atom. The molecule has 66 valence electrons. The molecule has 0 aromatic heterocycles. The molecule has 0 spiro atoms. The Hall–Kier alpha value is -0.920. The van der Waals surface area contributed by atoms with Crippen LogP contribution >= 0.6 is 0 Å². The van der Waals surface area contributed by atoms with Crippen LogP contribution in [0.25, 0.3) is 0 Å². The van der Waals surface area contributed by atoms with E-state index in [2.05, 4.69) is 0 Å². The number of rotatable bonds is 2. The minimum absolute atomic E-state index is 0.0104. The predicted molar refractivity (Wildman–Crippen MR) is 46.7 cm³/mol. The van der Waals surface area contributed by atoms with Crippen LogP contribution in [0.3, 0.4) is 0 Å². The summed E-state index contributed by atoms with van der Waals surface area (Å²) in [7, 11) is 0. The van der Waals surface area contributed by atoms with Crippen molar-refractivity contribution in [3.05, 3.63) is 12.2 Å². The molecule has 1 aliphatic rings. The number of hydrogen-bond acceptors (Lipinski definition) is 2. The van der Waals surface area contributed by atoms with Gasteiger partial charge in [0, 0.05) is 0 Å². The molecule has 0 aromatic rings. The lowest BCUT2D eigenvalue weighted by atomic mass is 9.78. The molecule has 0 aliphatic heterocycles. The Morgan fingerprint density at radius 2 is 2.33 bits per heavy atom. The summed E-state index contributed by atoms with van der Waals surface area (Å²) in [6.07, 6.45) is 5.18. The maximum Gasteiger partial charge on any atom is 0.166 e. The predicted octanol–water partition coefficient (Wildman–Crippen LogP) is 1.75. The average Bonchev–Trinajstić information content (AvgIpc) is 2.03. The van der Waals surface area contributed by atoms with Crippen molar-refractivity contribution in [1.29, 1.82) is 0 Å². The van der Waals surface area contributed by atoms with Gasteiger partial charge < -0.3 is 0 Å². The zero-order valence-electron chi connectivity index (χ0n) is 7.54. The largest absolute Gasteiger partial charge is 0.299 e. The molecule has 0 saturated carbocycles. The molecular formula is C10H14O2. The maximum absolute atomic E-state index is 11.3. The van der Waals surface area contributed by atoms with Gasteiger partial charge in [0.05, 0.1) is 5.92 Å². The van der Waals surface area contributed by atoms with Crippen molar-refractivity contribution in [2.24, 2.45) is 11.8 Å². The molecule has 0 heterocycles. The summed E-state index contributed by atoms with van der Waals surface area (Å²) in [6.45, 7) is 3.53. The van der Waals surface area contributed by atoms with Crippen molar-refractivity contribution >= 4 is 11.6 Å². The number of allylic oxidation sites excluding steroid dienone is 2. The van der Waals surface area contributed by atoms with E-state index in [4.69, 9.17) is 0 Å². The van der Waals surface area contributed by atoms with E-state index in [1.54, 1.807) is 0 Å². The lowest BCUT2D eigenvalue weighted by Crippen LogP contribution is -2.30. The average molecular weight is 166 g/mol. The van der Waals surface area contributed by atoms with E-state index in [-0.39, 0.29) is 23.4 Å². The topological polar surface area (TPSA) is 34.1 Å². The smallest absolute Gasteiger partial charge is 0.166 e. The Labute approximate surface area is 72.7 Å². The summed E-state index contributed by atoms with van der Waals surface area (Å²) in [5, 5.41) is 0. The third-order valence-electron chi connectivity index (χ3n) is 2.46. The highest BCUT2D eigenvalue weighted by atomic mass is 16.1. The van der Waals surface area contributed by atoms with Crippen LogP contribution in [-0.2, 0) is 9.59 Å². The molecule has 0 saturated heterocycles. The summed E-state index contributed by atoms with van der Waals surface area (Å²) in [5.74, 6) is -0.128. The maximum atomic E-state index is 11.3. The van der Waals surface area contributed by atoms with Gasteiger partial charge in [-0.1, -0.05) is 19.4 Å². The van der Waals surface area contributed by atoms with Gasteiger partial charge in [0.15, 0.2) is 5.78 Å². The zero-order chi connectivity index (χ0) is 9.14. The molecule has 0 bridgehead atoms. The highest BCUT2D eigenvalue weighted by molar-refractivity contribution is 6.07. The molecule has 0 fully saturated rings. The minimum Gasteiger partial charge on any atom is -0.299 e. The molecule has 2 nitrogen and oxygen atoms in total. The van der Waals surface area contributed by atoms with Crippen LogP contribution in [0.1, 0.15) is 26.7 Å². The lowest BCUT2D eigenvalue weighted by Gasteiger charge is -2.23. The SMILES string of the molecule is CCC1CC=CC(=O)C1C(C)=O. The fourth-order valence-corrected chi connectivity index (χ4v) is 1.77. The van der Waals surface area contributed by atoms with Gasteiger partial charge in [-0.25, -0.2) is 0 Å². The van der Waals surface area contributed by atoms with Gasteiger partial charge in [-0.15, -0.1) is 0 Å². The number of hydrogen-bond donors (Lipinski definition) is 0. The summed E-state index contributed by atoms with van der Waals surface area (Å²) in [6, 6.07) is 0. The Morgan fingerprint density at radius 1 is 1.67 bits per heavy atom. The Kier molecular flexibility index (Phi) is 2.79. The van der Waals surface area contributed by atoms with Crippen molar-refractivity contribution in [2.75, 3.05) is 0 Å². The molecule has 0 radical (unpaired) electrons. The first-order valence-corrected chi connectivity index (χ1v) is 4.37. The molecule has 12 heavy (non-hydrogen) atoms. The van der Waals surface area contributed by atoms with Crippen LogP contribution in [0.2, 0.25) is 0 Å². The van der Waals surface area contributed by atoms with Crippen molar-refractivity contribution in [2.45, 2.75) is 26.7 Å². The standard InChI is InChI=1S/C10H14O2/c1-3-8-5-4-6-9(12)10(8)7(2)11/h4,6,8,10H,3,5H2,1-2H3. The summed E-state index contributed by atoms with van der Waals surface area (Å²) < 4.78 is 0. The molecule has 0 amide bonds. The molecule has 2 unspecified atom stereocenters. The number of ketones is 2. The first-order valence-electron chi connectivity index (χ1n) is 4.37. The van der Waals surface area contributed by atoms with E-state index >= 15 is 0 Å². The van der Waals surface area contributed by atoms with Gasteiger partial charge in [-0.05, 0) is 25.3 Å². The summed E-state index contributed by atoms with van der Waals surface area (Å²) in [4.78, 5) is 22.4. The van der Waals surface area contributed by atoms with Gasteiger partial charge in [-0.2, -0.15) is 0 Å². The van der Waals surface area contributed by atoms with E-state index in [0.29, 0.717) is 0 Å². The fraction of sp³-hybridized carbons (Fsp3) is 0.600.